The number of unbranched alkanes of at least 4 members (excludes halogenated alkanes) is 2. The molecular formula is C12H14Br3NO. The van der Waals surface area contributed by atoms with Gasteiger partial charge in [0.05, 0.1) is 5.69 Å². The maximum atomic E-state index is 11.7. The molecule has 0 radical (unpaired) electrons. The van der Waals surface area contributed by atoms with Crippen LogP contribution in [0.5, 0.6) is 0 Å². The molecule has 0 unspecified atom stereocenters. The molecule has 2 nitrogen and oxygen atoms in total. The molecule has 1 N–H and O–H groups in total. The Labute approximate surface area is 127 Å². The summed E-state index contributed by atoms with van der Waals surface area (Å²) in [5, 5.41) is 2.91. The summed E-state index contributed by atoms with van der Waals surface area (Å²) in [5.41, 5.74) is 0.787. The van der Waals surface area contributed by atoms with Crippen molar-refractivity contribution in [2.24, 2.45) is 0 Å². The SMILES string of the molecule is CCCCCC(=O)Nc1c(Br)cc(Br)cc1Br. The van der Waals surface area contributed by atoms with Gasteiger partial charge in [0.15, 0.2) is 0 Å². The number of benzene rings is 1. The van der Waals surface area contributed by atoms with E-state index in [0.717, 1.165) is 38.4 Å². The zero-order chi connectivity index (χ0) is 12.8. The van der Waals surface area contributed by atoms with Crippen LogP contribution in [0.2, 0.25) is 0 Å². The Morgan fingerprint density at radius 3 is 2.29 bits per heavy atom. The summed E-state index contributed by atoms with van der Waals surface area (Å²) in [6.07, 6.45) is 3.73. The predicted octanol–water partition coefficient (Wildman–Crippen LogP) is 5.49. The molecule has 0 saturated heterocycles. The van der Waals surface area contributed by atoms with Crippen LogP contribution in [0.15, 0.2) is 25.6 Å². The normalized spacial score (nSPS) is 10.4. The molecule has 1 amide bonds. The molecule has 0 atom stereocenters. The van der Waals surface area contributed by atoms with E-state index < -0.39 is 0 Å². The van der Waals surface area contributed by atoms with Crippen LogP contribution in [0.25, 0.3) is 0 Å². The van der Waals surface area contributed by atoms with Gasteiger partial charge in [0.1, 0.15) is 0 Å². The smallest absolute Gasteiger partial charge is 0.224 e. The van der Waals surface area contributed by atoms with Crippen molar-refractivity contribution in [3.63, 3.8) is 0 Å². The molecule has 0 saturated carbocycles. The number of nitrogens with one attached hydrogen (secondary N) is 1. The van der Waals surface area contributed by atoms with E-state index in [-0.39, 0.29) is 5.91 Å². The van der Waals surface area contributed by atoms with Crippen molar-refractivity contribution in [3.05, 3.63) is 25.6 Å². The Balaban J connectivity index is 2.65. The van der Waals surface area contributed by atoms with Crippen LogP contribution in [0.3, 0.4) is 0 Å². The van der Waals surface area contributed by atoms with Gasteiger partial charge in [-0.05, 0) is 50.4 Å². The van der Waals surface area contributed by atoms with E-state index in [4.69, 9.17) is 0 Å². The molecule has 0 aliphatic heterocycles. The molecule has 0 bridgehead atoms. The minimum absolute atomic E-state index is 0.0576. The van der Waals surface area contributed by atoms with Crippen LogP contribution in [-0.4, -0.2) is 5.91 Å². The fraction of sp³-hybridized carbons (Fsp3) is 0.417. The number of halogens is 3. The van der Waals surface area contributed by atoms with Gasteiger partial charge in [-0.25, -0.2) is 0 Å². The third-order valence-electron chi connectivity index (χ3n) is 2.28. The quantitative estimate of drug-likeness (QED) is 0.618. The third-order valence-corrected chi connectivity index (χ3v) is 3.99. The number of rotatable bonds is 5. The van der Waals surface area contributed by atoms with Gasteiger partial charge in [-0.1, -0.05) is 35.7 Å². The molecule has 0 aromatic heterocycles. The average molecular weight is 428 g/mol. The number of hydrogen-bond acceptors (Lipinski definition) is 1. The van der Waals surface area contributed by atoms with Gasteiger partial charge in [0.25, 0.3) is 0 Å². The number of carbonyl (C=O) groups excluding carboxylic acids is 1. The first-order valence-corrected chi connectivity index (χ1v) is 7.87. The zero-order valence-corrected chi connectivity index (χ0v) is 14.3. The van der Waals surface area contributed by atoms with Crippen molar-refractivity contribution in [1.29, 1.82) is 0 Å². The fourth-order valence-corrected chi connectivity index (χ4v) is 3.86. The van der Waals surface area contributed by atoms with Crippen molar-refractivity contribution in [3.8, 4) is 0 Å². The van der Waals surface area contributed by atoms with Crippen LogP contribution >= 0.6 is 47.8 Å². The van der Waals surface area contributed by atoms with Crippen molar-refractivity contribution in [2.45, 2.75) is 32.6 Å². The number of hydrogen-bond donors (Lipinski definition) is 1. The van der Waals surface area contributed by atoms with Crippen LogP contribution in [0, 0.1) is 0 Å². The van der Waals surface area contributed by atoms with E-state index in [0.29, 0.717) is 6.42 Å². The summed E-state index contributed by atoms with van der Waals surface area (Å²) in [5.74, 6) is 0.0576. The standard InChI is InChI=1S/C12H14Br3NO/c1-2-3-4-5-11(17)16-12-9(14)6-8(13)7-10(12)15/h6-7H,2-5H2,1H3,(H,16,17). The predicted molar refractivity (Wildman–Crippen MR) is 82.3 cm³/mol. The second-order valence-corrected chi connectivity index (χ2v) is 6.37. The van der Waals surface area contributed by atoms with Crippen molar-refractivity contribution in [2.75, 3.05) is 5.32 Å². The molecule has 0 fully saturated rings. The average Bonchev–Trinajstić information content (AvgIpc) is 2.24. The summed E-state index contributed by atoms with van der Waals surface area (Å²) < 4.78 is 2.69. The third kappa shape index (κ3) is 5.10. The molecule has 1 aromatic rings. The Bertz CT molecular complexity index is 384. The first kappa shape index (κ1) is 15.2. The first-order chi connectivity index (χ1) is 8.04. The van der Waals surface area contributed by atoms with E-state index in [1.807, 2.05) is 12.1 Å². The van der Waals surface area contributed by atoms with Gasteiger partial charge in [-0.2, -0.15) is 0 Å². The van der Waals surface area contributed by atoms with Crippen LogP contribution in [-0.2, 0) is 4.79 Å². The zero-order valence-electron chi connectivity index (χ0n) is 9.53. The maximum absolute atomic E-state index is 11.7. The van der Waals surface area contributed by atoms with E-state index in [1.54, 1.807) is 0 Å². The number of amides is 1. The lowest BCUT2D eigenvalue weighted by atomic mass is 10.2. The monoisotopic (exact) mass is 425 g/mol. The molecule has 94 valence electrons. The highest BCUT2D eigenvalue weighted by Crippen LogP contribution is 2.34. The summed E-state index contributed by atoms with van der Waals surface area (Å²) >= 11 is 10.3. The lowest BCUT2D eigenvalue weighted by molar-refractivity contribution is -0.116. The van der Waals surface area contributed by atoms with E-state index >= 15 is 0 Å². The highest BCUT2D eigenvalue weighted by Gasteiger charge is 2.10. The molecule has 5 heteroatoms. The number of carbonyl (C=O) groups is 1. The minimum atomic E-state index is 0.0576. The lowest BCUT2D eigenvalue weighted by Crippen LogP contribution is -2.12. The van der Waals surface area contributed by atoms with Crippen molar-refractivity contribution < 1.29 is 4.79 Å². The summed E-state index contributed by atoms with van der Waals surface area (Å²) in [6, 6.07) is 3.82. The summed E-state index contributed by atoms with van der Waals surface area (Å²) in [7, 11) is 0. The molecule has 0 aliphatic rings. The van der Waals surface area contributed by atoms with Crippen LogP contribution in [0.4, 0.5) is 5.69 Å². The van der Waals surface area contributed by atoms with E-state index in [9.17, 15) is 4.79 Å². The van der Waals surface area contributed by atoms with Gasteiger partial charge >= 0.3 is 0 Å². The van der Waals surface area contributed by atoms with Crippen LogP contribution in [0.1, 0.15) is 32.6 Å². The molecule has 0 spiro atoms. The second kappa shape index (κ2) is 7.54. The molecule has 0 aliphatic carbocycles. The Kier molecular flexibility index (Phi) is 6.74. The molecule has 1 rings (SSSR count). The van der Waals surface area contributed by atoms with Crippen molar-refractivity contribution >= 4 is 59.4 Å². The largest absolute Gasteiger partial charge is 0.324 e. The van der Waals surface area contributed by atoms with Gasteiger partial charge in [0.2, 0.25) is 5.91 Å². The fourth-order valence-electron chi connectivity index (χ4n) is 1.40. The van der Waals surface area contributed by atoms with Crippen molar-refractivity contribution in [1.82, 2.24) is 0 Å². The number of anilines is 1. The lowest BCUT2D eigenvalue weighted by Gasteiger charge is -2.10. The van der Waals surface area contributed by atoms with E-state index in [1.165, 1.54) is 0 Å². The van der Waals surface area contributed by atoms with E-state index in [2.05, 4.69) is 60.0 Å². The molecular weight excluding hydrogens is 414 g/mol. The minimum Gasteiger partial charge on any atom is -0.324 e. The van der Waals surface area contributed by atoms with Crippen LogP contribution < -0.4 is 5.32 Å². The first-order valence-electron chi connectivity index (χ1n) is 5.49. The summed E-state index contributed by atoms with van der Waals surface area (Å²) in [4.78, 5) is 11.7. The molecule has 17 heavy (non-hydrogen) atoms. The van der Waals surface area contributed by atoms with Gasteiger partial charge in [-0.15, -0.1) is 0 Å². The molecule has 0 heterocycles. The highest BCUT2D eigenvalue weighted by molar-refractivity contribution is 9.11. The maximum Gasteiger partial charge on any atom is 0.224 e. The van der Waals surface area contributed by atoms with Gasteiger partial charge < -0.3 is 5.32 Å². The summed E-state index contributed by atoms with van der Waals surface area (Å²) in [6.45, 7) is 2.12. The van der Waals surface area contributed by atoms with Gasteiger partial charge in [0, 0.05) is 19.8 Å². The molecule has 1 aromatic carbocycles. The Morgan fingerprint density at radius 2 is 1.76 bits per heavy atom. The Morgan fingerprint density at radius 1 is 1.18 bits per heavy atom. The topological polar surface area (TPSA) is 29.1 Å². The highest BCUT2D eigenvalue weighted by atomic mass is 79.9. The Hall–Kier alpha value is 0.130. The van der Waals surface area contributed by atoms with Gasteiger partial charge in [-0.3, -0.25) is 4.79 Å². The second-order valence-electron chi connectivity index (χ2n) is 3.75.